The van der Waals surface area contributed by atoms with E-state index in [1.165, 1.54) is 11.1 Å². The van der Waals surface area contributed by atoms with Gasteiger partial charge in [0.25, 0.3) is 0 Å². The van der Waals surface area contributed by atoms with Gasteiger partial charge in [-0.3, -0.25) is 14.6 Å². The first-order chi connectivity index (χ1) is 13.4. The Hall–Kier alpha value is -2.18. The predicted molar refractivity (Wildman–Crippen MR) is 114 cm³/mol. The maximum absolute atomic E-state index is 12.4. The van der Waals surface area contributed by atoms with E-state index in [2.05, 4.69) is 64.6 Å². The fraction of sp³-hybridized carbons (Fsp3) is 0.545. The minimum Gasteiger partial charge on any atom is -0.333 e. The number of aromatic nitrogens is 2. The van der Waals surface area contributed by atoms with E-state index in [1.807, 2.05) is 18.3 Å². The molecule has 152 valence electrons. The molecule has 0 atom stereocenters. The highest BCUT2D eigenvalue weighted by molar-refractivity contribution is 5.92. The van der Waals surface area contributed by atoms with E-state index in [-0.39, 0.29) is 5.91 Å². The van der Waals surface area contributed by atoms with Gasteiger partial charge in [0.15, 0.2) is 0 Å². The number of imidazole rings is 1. The van der Waals surface area contributed by atoms with Crippen molar-refractivity contribution in [1.29, 1.82) is 0 Å². The molecule has 0 unspecified atom stereocenters. The van der Waals surface area contributed by atoms with Crippen LogP contribution in [0.3, 0.4) is 0 Å². The molecule has 1 aromatic heterocycles. The molecule has 1 aliphatic rings. The predicted octanol–water partition coefficient (Wildman–Crippen LogP) is 2.88. The summed E-state index contributed by atoms with van der Waals surface area (Å²) >= 11 is 0. The van der Waals surface area contributed by atoms with E-state index in [9.17, 15) is 4.79 Å². The number of anilines is 1. The van der Waals surface area contributed by atoms with E-state index in [0.717, 1.165) is 50.8 Å². The van der Waals surface area contributed by atoms with Crippen molar-refractivity contribution in [3.8, 4) is 0 Å². The lowest BCUT2D eigenvalue weighted by atomic mass is 10.1. The fourth-order valence-electron chi connectivity index (χ4n) is 3.65. The van der Waals surface area contributed by atoms with Crippen molar-refractivity contribution in [1.82, 2.24) is 19.4 Å². The molecule has 6 nitrogen and oxygen atoms in total. The van der Waals surface area contributed by atoms with Crippen LogP contribution < -0.4 is 5.32 Å². The number of benzene rings is 1. The van der Waals surface area contributed by atoms with Crippen molar-refractivity contribution in [3.05, 3.63) is 47.5 Å². The zero-order valence-electron chi connectivity index (χ0n) is 17.6. The smallest absolute Gasteiger partial charge is 0.238 e. The molecule has 6 heteroatoms. The Kier molecular flexibility index (Phi) is 6.86. The molecule has 0 saturated carbocycles. The highest BCUT2D eigenvalue weighted by atomic mass is 16.2. The molecule has 0 spiro atoms. The Morgan fingerprint density at radius 2 is 1.79 bits per heavy atom. The Labute approximate surface area is 168 Å². The third-order valence-corrected chi connectivity index (χ3v) is 5.54. The zero-order chi connectivity index (χ0) is 20.1. The number of nitrogens with zero attached hydrogens (tertiary/aromatic N) is 4. The van der Waals surface area contributed by atoms with Crippen LogP contribution in [0, 0.1) is 13.8 Å². The van der Waals surface area contributed by atoms with Crippen molar-refractivity contribution in [2.24, 2.45) is 0 Å². The molecule has 0 aliphatic carbocycles. The Balaban J connectivity index is 1.40. The number of rotatable bonds is 7. The van der Waals surface area contributed by atoms with Crippen LogP contribution in [0.15, 0.2) is 30.6 Å². The number of piperazine rings is 1. The average molecular weight is 384 g/mol. The summed E-state index contributed by atoms with van der Waals surface area (Å²) in [5.41, 5.74) is 3.32. The van der Waals surface area contributed by atoms with Gasteiger partial charge in [-0.2, -0.15) is 0 Å². The summed E-state index contributed by atoms with van der Waals surface area (Å²) in [6.07, 6.45) is 3.96. The second-order valence-corrected chi connectivity index (χ2v) is 8.10. The standard InChI is InChI=1S/C22H33N5O/c1-17(2)22-23-7-8-27(22)14-13-25-9-11-26(12-10-25)16-21(28)24-20-6-5-18(3)19(4)15-20/h5-8,15,17H,9-14,16H2,1-4H3,(H,24,28). The number of amides is 1. The van der Waals surface area contributed by atoms with Crippen LogP contribution in [-0.4, -0.2) is 64.5 Å². The molecule has 0 radical (unpaired) electrons. The molecule has 1 aliphatic heterocycles. The summed E-state index contributed by atoms with van der Waals surface area (Å²) < 4.78 is 2.26. The summed E-state index contributed by atoms with van der Waals surface area (Å²) in [5.74, 6) is 1.67. The molecule has 1 aromatic carbocycles. The Bertz CT molecular complexity index is 790. The SMILES string of the molecule is Cc1ccc(NC(=O)CN2CCN(CCn3ccnc3C(C)C)CC2)cc1C. The lowest BCUT2D eigenvalue weighted by Gasteiger charge is -2.34. The highest BCUT2D eigenvalue weighted by Crippen LogP contribution is 2.15. The second kappa shape index (κ2) is 9.34. The summed E-state index contributed by atoms with van der Waals surface area (Å²) in [6, 6.07) is 6.06. The van der Waals surface area contributed by atoms with Crippen LogP contribution in [0.5, 0.6) is 0 Å². The molecule has 1 fully saturated rings. The van der Waals surface area contributed by atoms with Gasteiger partial charge >= 0.3 is 0 Å². The van der Waals surface area contributed by atoms with E-state index in [1.54, 1.807) is 0 Å². The molecular formula is C22H33N5O. The first-order valence-electron chi connectivity index (χ1n) is 10.2. The maximum Gasteiger partial charge on any atom is 0.238 e. The molecule has 0 bridgehead atoms. The van der Waals surface area contributed by atoms with Crippen LogP contribution >= 0.6 is 0 Å². The minimum atomic E-state index is 0.0664. The molecule has 3 rings (SSSR count). The molecule has 1 amide bonds. The molecular weight excluding hydrogens is 350 g/mol. The van der Waals surface area contributed by atoms with Gasteiger partial charge in [0, 0.05) is 63.3 Å². The summed E-state index contributed by atoms with van der Waals surface area (Å²) in [4.78, 5) is 21.5. The van der Waals surface area contributed by atoms with Crippen LogP contribution in [0.25, 0.3) is 0 Å². The first-order valence-corrected chi connectivity index (χ1v) is 10.2. The summed E-state index contributed by atoms with van der Waals surface area (Å²) in [7, 11) is 0. The van der Waals surface area contributed by atoms with E-state index in [0.29, 0.717) is 12.5 Å². The van der Waals surface area contributed by atoms with Gasteiger partial charge in [-0.25, -0.2) is 4.98 Å². The summed E-state index contributed by atoms with van der Waals surface area (Å²) in [5, 5.41) is 3.02. The highest BCUT2D eigenvalue weighted by Gasteiger charge is 2.19. The molecule has 1 N–H and O–H groups in total. The zero-order valence-corrected chi connectivity index (χ0v) is 17.6. The van der Waals surface area contributed by atoms with Crippen molar-refractivity contribution in [2.45, 2.75) is 40.2 Å². The number of carbonyl (C=O) groups is 1. The van der Waals surface area contributed by atoms with Crippen molar-refractivity contribution in [3.63, 3.8) is 0 Å². The molecule has 1 saturated heterocycles. The van der Waals surface area contributed by atoms with E-state index < -0.39 is 0 Å². The third-order valence-electron chi connectivity index (χ3n) is 5.54. The maximum atomic E-state index is 12.4. The fourth-order valence-corrected chi connectivity index (χ4v) is 3.65. The number of aryl methyl sites for hydroxylation is 2. The molecule has 28 heavy (non-hydrogen) atoms. The molecule has 2 heterocycles. The van der Waals surface area contributed by atoms with Crippen LogP contribution in [0.1, 0.15) is 36.7 Å². The van der Waals surface area contributed by atoms with E-state index >= 15 is 0 Å². The van der Waals surface area contributed by atoms with Crippen molar-refractivity contribution in [2.75, 3.05) is 44.6 Å². The Morgan fingerprint density at radius 3 is 2.46 bits per heavy atom. The van der Waals surface area contributed by atoms with Crippen LogP contribution in [0.4, 0.5) is 5.69 Å². The second-order valence-electron chi connectivity index (χ2n) is 8.10. The lowest BCUT2D eigenvalue weighted by Crippen LogP contribution is -2.49. The van der Waals surface area contributed by atoms with Gasteiger partial charge in [0.05, 0.1) is 6.54 Å². The average Bonchev–Trinajstić information content (AvgIpc) is 3.13. The van der Waals surface area contributed by atoms with E-state index in [4.69, 9.17) is 0 Å². The van der Waals surface area contributed by atoms with Gasteiger partial charge in [-0.15, -0.1) is 0 Å². The minimum absolute atomic E-state index is 0.0664. The van der Waals surface area contributed by atoms with Gasteiger partial charge in [0.2, 0.25) is 5.91 Å². The normalized spacial score (nSPS) is 15.9. The number of nitrogens with one attached hydrogen (secondary N) is 1. The largest absolute Gasteiger partial charge is 0.333 e. The van der Waals surface area contributed by atoms with Gasteiger partial charge in [-0.1, -0.05) is 19.9 Å². The number of hydrogen-bond acceptors (Lipinski definition) is 4. The quantitative estimate of drug-likeness (QED) is 0.799. The van der Waals surface area contributed by atoms with Crippen molar-refractivity contribution >= 4 is 11.6 Å². The van der Waals surface area contributed by atoms with Gasteiger partial charge in [-0.05, 0) is 37.1 Å². The number of carbonyl (C=O) groups excluding carboxylic acids is 1. The van der Waals surface area contributed by atoms with Crippen LogP contribution in [-0.2, 0) is 11.3 Å². The lowest BCUT2D eigenvalue weighted by molar-refractivity contribution is -0.117. The van der Waals surface area contributed by atoms with Crippen LogP contribution in [0.2, 0.25) is 0 Å². The third kappa shape index (κ3) is 5.42. The monoisotopic (exact) mass is 383 g/mol. The number of hydrogen-bond donors (Lipinski definition) is 1. The Morgan fingerprint density at radius 1 is 1.07 bits per heavy atom. The first kappa shape index (κ1) is 20.6. The topological polar surface area (TPSA) is 53.4 Å². The van der Waals surface area contributed by atoms with Gasteiger partial charge in [0.1, 0.15) is 5.82 Å². The van der Waals surface area contributed by atoms with Crippen molar-refractivity contribution < 1.29 is 4.79 Å². The van der Waals surface area contributed by atoms with Gasteiger partial charge < -0.3 is 9.88 Å². The summed E-state index contributed by atoms with van der Waals surface area (Å²) in [6.45, 7) is 14.8. The molecule has 2 aromatic rings.